The molecule has 0 aliphatic carbocycles. The van der Waals surface area contributed by atoms with Gasteiger partial charge in [-0.05, 0) is 58.6 Å². The zero-order chi connectivity index (χ0) is 52.6. The second-order valence-corrected chi connectivity index (χ2v) is 12.3. The number of fused-ring (bicyclic) bond motifs is 9. The van der Waals surface area contributed by atoms with Gasteiger partial charge in [-0.2, -0.15) is 0 Å². The maximum absolute atomic E-state index is 9.63. The van der Waals surface area contributed by atoms with Crippen LogP contribution in [0.5, 0.6) is 0 Å². The summed E-state index contributed by atoms with van der Waals surface area (Å²) in [5.41, 5.74) is -3.81. The predicted octanol–water partition coefficient (Wildman–Crippen LogP) is 13.3. The molecule has 7 aromatic carbocycles. The molecule has 0 N–H and O–H groups in total. The molecule has 0 bridgehead atoms. The van der Waals surface area contributed by atoms with E-state index in [1.54, 1.807) is 18.2 Å². The zero-order valence-corrected chi connectivity index (χ0v) is 26.2. The van der Waals surface area contributed by atoms with Gasteiger partial charge in [0.1, 0.15) is 28.7 Å². The highest BCUT2D eigenvalue weighted by molar-refractivity contribution is 7.26. The van der Waals surface area contributed by atoms with E-state index in [2.05, 4.69) is 9.97 Å². The third kappa shape index (κ3) is 4.38. The van der Waals surface area contributed by atoms with Crippen LogP contribution < -0.4 is 0 Å². The van der Waals surface area contributed by atoms with E-state index in [9.17, 15) is 2.74 Å². The fourth-order valence-corrected chi connectivity index (χ4v) is 7.26. The molecule has 0 amide bonds. The van der Waals surface area contributed by atoms with Crippen molar-refractivity contribution in [3.05, 3.63) is 157 Å². The Morgan fingerprint density at radius 3 is 1.76 bits per heavy atom. The molecule has 0 aliphatic rings. The number of para-hydroxylation sites is 4. The number of furan rings is 2. The summed E-state index contributed by atoms with van der Waals surface area (Å²) in [6, 6.07) is -10.2. The van der Waals surface area contributed by atoms with Crippen LogP contribution in [0.15, 0.2) is 166 Å². The average molecular weight is 693 g/mol. The maximum Gasteiger partial charge on any atom is 0.143 e. The van der Waals surface area contributed by atoms with E-state index < -0.39 is 166 Å². The van der Waals surface area contributed by atoms with E-state index in [4.69, 9.17) is 36.2 Å². The van der Waals surface area contributed by atoms with Crippen LogP contribution >= 0.6 is 11.3 Å². The van der Waals surface area contributed by atoms with Gasteiger partial charge in [-0.25, -0.2) is 9.97 Å². The van der Waals surface area contributed by atoms with Crippen LogP contribution in [0.4, 0.5) is 0 Å². The molecule has 51 heavy (non-hydrogen) atoms. The van der Waals surface area contributed by atoms with E-state index >= 15 is 0 Å². The summed E-state index contributed by atoms with van der Waals surface area (Å²) in [4.78, 5) is 8.93. The van der Waals surface area contributed by atoms with Crippen molar-refractivity contribution in [1.82, 2.24) is 9.97 Å². The lowest BCUT2D eigenvalue weighted by Gasteiger charge is -2.09. The number of rotatable bonds is 4. The summed E-state index contributed by atoms with van der Waals surface area (Å²) < 4.78 is 206. The lowest BCUT2D eigenvalue weighted by Crippen LogP contribution is -1.88. The number of thiophene rings is 1. The first-order valence-electron chi connectivity index (χ1n) is 26.2. The number of benzene rings is 7. The Balaban J connectivity index is 1.15. The van der Waals surface area contributed by atoms with E-state index in [-0.39, 0.29) is 65.3 Å². The molecule has 0 saturated heterocycles. The van der Waals surface area contributed by atoms with E-state index in [0.29, 0.717) is 10.1 Å². The van der Waals surface area contributed by atoms with Crippen LogP contribution in [-0.4, -0.2) is 9.97 Å². The summed E-state index contributed by atoms with van der Waals surface area (Å²) in [6.45, 7) is 0. The fraction of sp³-hybridized carbons (Fsp3) is 0. The van der Waals surface area contributed by atoms with Crippen molar-refractivity contribution in [3.63, 3.8) is 0 Å². The minimum absolute atomic E-state index is 0.000294. The van der Waals surface area contributed by atoms with Crippen molar-refractivity contribution < 1.29 is 39.0 Å². The van der Waals surface area contributed by atoms with Gasteiger partial charge < -0.3 is 8.83 Å². The second-order valence-electron chi connectivity index (χ2n) is 11.2. The topological polar surface area (TPSA) is 52.1 Å². The Bertz CT molecular complexity index is 4430. The number of nitrogens with zero attached hydrogens (tertiary/aromatic N) is 2. The molecule has 4 heterocycles. The first-order chi connectivity index (χ1) is 34.4. The SMILES string of the molecule is [2H]c1c([2H])c(-c2c([2H])c([2H])c([2H])c(-c3ncnc4c3sc3ccc(-c5c([2H])c([2H])c([2H])c6c5oc5c([2H])c([2H])c([2H])c([2H])c56)cc34)c2[2H])c([2H])c(-c2c([2H])c([2H])c([2H])c3c2oc2c([2H])c([2H])c([2H])c([2H])c23)c1[2H]. The highest BCUT2D eigenvalue weighted by Gasteiger charge is 2.17. The maximum atomic E-state index is 9.63. The zero-order valence-electron chi connectivity index (χ0n) is 47.4. The summed E-state index contributed by atoms with van der Waals surface area (Å²) in [7, 11) is 0. The van der Waals surface area contributed by atoms with Crippen LogP contribution in [0.3, 0.4) is 0 Å². The lowest BCUT2D eigenvalue weighted by molar-refractivity contribution is 0.669. The summed E-state index contributed by atoms with van der Waals surface area (Å²) >= 11 is 1.09. The van der Waals surface area contributed by atoms with Crippen molar-refractivity contribution in [1.29, 1.82) is 0 Å². The predicted molar refractivity (Wildman–Crippen MR) is 211 cm³/mol. The highest BCUT2D eigenvalue weighted by atomic mass is 32.1. The number of hydrogen-bond donors (Lipinski definition) is 0. The highest BCUT2D eigenvalue weighted by Crippen LogP contribution is 2.42. The Morgan fingerprint density at radius 2 is 1.06 bits per heavy atom. The Kier molecular flexibility index (Phi) is 3.09. The van der Waals surface area contributed by atoms with Crippen molar-refractivity contribution in [2.24, 2.45) is 0 Å². The third-order valence-corrected chi connectivity index (χ3v) is 9.57. The van der Waals surface area contributed by atoms with Crippen LogP contribution in [0.1, 0.15) is 30.2 Å². The largest absolute Gasteiger partial charge is 0.455 e. The van der Waals surface area contributed by atoms with Crippen molar-refractivity contribution >= 4 is 75.5 Å². The molecule has 11 aromatic rings. The quantitative estimate of drug-likeness (QED) is 0.184. The number of aromatic nitrogens is 2. The van der Waals surface area contributed by atoms with Crippen LogP contribution in [0.25, 0.3) is 109 Å². The van der Waals surface area contributed by atoms with Crippen molar-refractivity contribution in [2.75, 3.05) is 0 Å². The monoisotopic (exact) mass is 692 g/mol. The molecule has 0 saturated carbocycles. The van der Waals surface area contributed by atoms with E-state index in [1.165, 1.54) is 0 Å². The molecule has 238 valence electrons. The molecule has 4 aromatic heterocycles. The summed E-state index contributed by atoms with van der Waals surface area (Å²) in [5.74, 6) is 0. The molecule has 0 spiro atoms. The van der Waals surface area contributed by atoms with Gasteiger partial charge in [-0.3, -0.25) is 0 Å². The van der Waals surface area contributed by atoms with Gasteiger partial charge in [0.25, 0.3) is 0 Å². The smallest absolute Gasteiger partial charge is 0.143 e. The normalized spacial score (nSPS) is 18.0. The minimum atomic E-state index is -0.893. The van der Waals surface area contributed by atoms with Gasteiger partial charge in [-0.1, -0.05) is 115 Å². The van der Waals surface area contributed by atoms with Crippen molar-refractivity contribution in [2.45, 2.75) is 0 Å². The molecule has 0 fully saturated rings. The Hall–Kier alpha value is -6.56. The average Bonchev–Trinajstić information content (AvgIpc) is 4.08. The Labute approximate surface area is 326 Å². The van der Waals surface area contributed by atoms with Gasteiger partial charge in [0, 0.05) is 48.3 Å². The van der Waals surface area contributed by atoms with Gasteiger partial charge in [0.2, 0.25) is 0 Å². The molecule has 4 nitrogen and oxygen atoms in total. The lowest BCUT2D eigenvalue weighted by atomic mass is 9.96. The van der Waals surface area contributed by atoms with Gasteiger partial charge in [-0.15, -0.1) is 11.3 Å². The first kappa shape index (κ1) is 14.4. The van der Waals surface area contributed by atoms with E-state index in [1.807, 2.05) is 0 Å². The Morgan fingerprint density at radius 1 is 0.490 bits per heavy atom. The summed E-state index contributed by atoms with van der Waals surface area (Å²) in [5, 5.41) is -0.478. The van der Waals surface area contributed by atoms with Gasteiger partial charge in [0.15, 0.2) is 0 Å². The fourth-order valence-electron chi connectivity index (χ4n) is 6.13. The van der Waals surface area contributed by atoms with Crippen LogP contribution in [0, 0.1) is 0 Å². The minimum Gasteiger partial charge on any atom is -0.455 e. The van der Waals surface area contributed by atoms with Crippen molar-refractivity contribution in [3.8, 4) is 44.6 Å². The number of hydrogen-bond acceptors (Lipinski definition) is 5. The van der Waals surface area contributed by atoms with Crippen LogP contribution in [-0.2, 0) is 0 Å². The van der Waals surface area contributed by atoms with Crippen LogP contribution in [0.2, 0.25) is 0 Å². The molecule has 0 atom stereocenters. The standard InChI is InChI=1S/C46H26N2O2S/c1-3-19-39-34(13-1)36-17-7-15-32(44(36)49-39)29-11-5-9-27(23-29)28-10-6-12-31(24-28)42-46-43(48-26-47-42)38-25-30(21-22-41(38)51-46)33-16-8-18-37-35-14-2-4-20-40(35)50-45(33)37/h1-26H/i1D,2D,3D,4D,5D,6D,7D,8D,9D,10D,11D,12D,13D,14D,15D,16D,17D,18D,19D,20D,23D,24D. The molecule has 11 rings (SSSR count). The molecular weight excluding hydrogens is 645 g/mol. The van der Waals surface area contributed by atoms with Gasteiger partial charge in [0.05, 0.1) is 46.1 Å². The van der Waals surface area contributed by atoms with Gasteiger partial charge >= 0.3 is 0 Å². The first-order valence-corrected chi connectivity index (χ1v) is 16.0. The second kappa shape index (κ2) is 11.0. The molecule has 0 aliphatic heterocycles. The molecule has 0 unspecified atom stereocenters. The van der Waals surface area contributed by atoms with E-state index in [0.717, 1.165) is 17.7 Å². The summed E-state index contributed by atoms with van der Waals surface area (Å²) in [6.07, 6.45) is 1.11. The molecule has 0 radical (unpaired) electrons. The molecular formula is C46H26N2O2S. The molecule has 5 heteroatoms. The third-order valence-electron chi connectivity index (χ3n) is 8.40.